The molecule has 0 amide bonds. The van der Waals surface area contributed by atoms with E-state index in [1.54, 1.807) is 31.2 Å². The molecule has 0 unspecified atom stereocenters. The second-order valence-electron chi connectivity index (χ2n) is 5.20. The summed E-state index contributed by atoms with van der Waals surface area (Å²) in [5, 5.41) is 9.49. The number of fused-ring (bicyclic) bond motifs is 1. The summed E-state index contributed by atoms with van der Waals surface area (Å²) in [6.45, 7) is 3.23. The fourth-order valence-electron chi connectivity index (χ4n) is 2.42. The lowest BCUT2D eigenvalue weighted by Gasteiger charge is -2.07. The summed E-state index contributed by atoms with van der Waals surface area (Å²) in [5.41, 5.74) is 0.763. The maximum absolute atomic E-state index is 12.3. The number of H-pyrrole nitrogens is 1. The number of nitrogens with zero attached hydrogens (tertiary/aromatic N) is 2. The van der Waals surface area contributed by atoms with Gasteiger partial charge in [0.25, 0.3) is 5.56 Å². The fourth-order valence-corrected chi connectivity index (χ4v) is 3.52. The van der Waals surface area contributed by atoms with Crippen LogP contribution in [0.15, 0.2) is 29.1 Å². The van der Waals surface area contributed by atoms with Crippen LogP contribution >= 0.6 is 11.3 Å². The van der Waals surface area contributed by atoms with E-state index in [1.807, 2.05) is 6.07 Å². The molecule has 0 aliphatic carbocycles. The van der Waals surface area contributed by atoms with Gasteiger partial charge in [-0.1, -0.05) is 12.1 Å². The molecule has 0 radical (unpaired) electrons. The normalized spacial score (nSPS) is 10.5. The van der Waals surface area contributed by atoms with Gasteiger partial charge in [0.1, 0.15) is 29.1 Å². The minimum Gasteiger partial charge on any atom is -0.484 e. The zero-order chi connectivity index (χ0) is 17.3. The lowest BCUT2D eigenvalue weighted by atomic mass is 10.2. The number of benzene rings is 1. The third kappa shape index (κ3) is 2.79. The molecule has 0 spiro atoms. The maximum atomic E-state index is 12.3. The number of aromatic nitrogens is 2. The van der Waals surface area contributed by atoms with E-state index in [1.165, 1.54) is 18.3 Å². The van der Waals surface area contributed by atoms with E-state index in [2.05, 4.69) is 9.97 Å². The van der Waals surface area contributed by atoms with Gasteiger partial charge >= 0.3 is 0 Å². The monoisotopic (exact) mass is 339 g/mol. The molecular formula is C17H13N3O3S. The van der Waals surface area contributed by atoms with Crippen molar-refractivity contribution in [1.29, 1.82) is 5.26 Å². The number of para-hydroxylation sites is 1. The van der Waals surface area contributed by atoms with Crippen LogP contribution in [0.25, 0.3) is 10.2 Å². The Balaban J connectivity index is 1.95. The Bertz CT molecular complexity index is 1040. The number of hydrogen-bond donors (Lipinski definition) is 1. The maximum Gasteiger partial charge on any atom is 0.260 e. The van der Waals surface area contributed by atoms with Crippen LogP contribution in [-0.4, -0.2) is 15.8 Å². The lowest BCUT2D eigenvalue weighted by molar-refractivity contribution is 0.102. The van der Waals surface area contributed by atoms with Crippen LogP contribution in [0.2, 0.25) is 0 Å². The highest BCUT2D eigenvalue weighted by atomic mass is 32.1. The summed E-state index contributed by atoms with van der Waals surface area (Å²) >= 11 is 1.20. The van der Waals surface area contributed by atoms with Crippen molar-refractivity contribution in [2.75, 3.05) is 0 Å². The van der Waals surface area contributed by atoms with Crippen LogP contribution in [0, 0.1) is 18.3 Å². The molecule has 24 heavy (non-hydrogen) atoms. The average molecular weight is 339 g/mol. The highest BCUT2D eigenvalue weighted by Crippen LogP contribution is 2.27. The molecule has 7 heteroatoms. The first-order valence-electron chi connectivity index (χ1n) is 7.16. The average Bonchev–Trinajstić information content (AvgIpc) is 2.90. The Hall–Kier alpha value is -2.98. The van der Waals surface area contributed by atoms with Crippen LogP contribution < -0.4 is 10.3 Å². The molecule has 1 N–H and O–H groups in total. The van der Waals surface area contributed by atoms with Crippen LogP contribution in [0.3, 0.4) is 0 Å². The molecule has 0 aliphatic heterocycles. The second-order valence-corrected chi connectivity index (χ2v) is 6.20. The van der Waals surface area contributed by atoms with Gasteiger partial charge in [-0.05, 0) is 31.5 Å². The van der Waals surface area contributed by atoms with E-state index in [0.29, 0.717) is 37.8 Å². The van der Waals surface area contributed by atoms with E-state index in [-0.39, 0.29) is 17.9 Å². The summed E-state index contributed by atoms with van der Waals surface area (Å²) < 4.78 is 5.59. The van der Waals surface area contributed by atoms with Crippen molar-refractivity contribution in [3.05, 3.63) is 56.4 Å². The predicted octanol–water partition coefficient (Wildman–Crippen LogP) is 2.95. The predicted molar refractivity (Wildman–Crippen MR) is 90.5 cm³/mol. The standard InChI is InChI=1S/C17H13N3O3S/c1-9-14-16(22)19-13(20-17(14)24-15(9)10(2)21)8-23-12-6-4-3-5-11(12)7-18/h3-6H,8H2,1-2H3,(H,19,20,22). The summed E-state index contributed by atoms with van der Waals surface area (Å²) in [7, 11) is 0. The van der Waals surface area contributed by atoms with Crippen LogP contribution in [0.1, 0.15) is 33.5 Å². The number of thiophene rings is 1. The molecule has 6 nitrogen and oxygen atoms in total. The Labute approximate surface area is 141 Å². The molecule has 0 aliphatic rings. The van der Waals surface area contributed by atoms with E-state index in [0.717, 1.165) is 0 Å². The first kappa shape index (κ1) is 15.9. The molecule has 0 atom stereocenters. The van der Waals surface area contributed by atoms with Gasteiger partial charge in [0, 0.05) is 0 Å². The Morgan fingerprint density at radius 3 is 2.88 bits per heavy atom. The minimum atomic E-state index is -0.298. The SMILES string of the molecule is CC(=O)c1sc2nc(COc3ccccc3C#N)[nH]c(=O)c2c1C. The summed E-state index contributed by atoms with van der Waals surface area (Å²) in [6, 6.07) is 8.88. The van der Waals surface area contributed by atoms with Crippen molar-refractivity contribution < 1.29 is 9.53 Å². The number of carbonyl (C=O) groups excluding carboxylic acids is 1. The highest BCUT2D eigenvalue weighted by molar-refractivity contribution is 7.20. The zero-order valence-corrected chi connectivity index (χ0v) is 13.9. The van der Waals surface area contributed by atoms with Crippen LogP contribution in [0.5, 0.6) is 5.75 Å². The number of ether oxygens (including phenoxy) is 1. The number of Topliss-reactive ketones (excluding diaryl/α,β-unsaturated/α-hetero) is 1. The van der Waals surface area contributed by atoms with E-state index in [9.17, 15) is 9.59 Å². The van der Waals surface area contributed by atoms with Crippen molar-refractivity contribution in [3.63, 3.8) is 0 Å². The quantitative estimate of drug-likeness (QED) is 0.737. The van der Waals surface area contributed by atoms with Crippen molar-refractivity contribution in [3.8, 4) is 11.8 Å². The fraction of sp³-hybridized carbons (Fsp3) is 0.176. The Morgan fingerprint density at radius 2 is 2.17 bits per heavy atom. The molecule has 120 valence electrons. The largest absolute Gasteiger partial charge is 0.484 e. The number of nitriles is 1. The summed E-state index contributed by atoms with van der Waals surface area (Å²) in [6.07, 6.45) is 0. The van der Waals surface area contributed by atoms with E-state index < -0.39 is 0 Å². The first-order chi connectivity index (χ1) is 11.5. The number of nitrogens with one attached hydrogen (secondary N) is 1. The molecule has 3 rings (SSSR count). The molecule has 3 aromatic rings. The smallest absolute Gasteiger partial charge is 0.260 e. The topological polar surface area (TPSA) is 95.8 Å². The van der Waals surface area contributed by atoms with Gasteiger partial charge < -0.3 is 9.72 Å². The lowest BCUT2D eigenvalue weighted by Crippen LogP contribution is -2.13. The molecule has 0 fully saturated rings. The number of ketones is 1. The molecule has 1 aromatic carbocycles. The molecule has 0 bridgehead atoms. The molecule has 2 aromatic heterocycles. The summed E-state index contributed by atoms with van der Waals surface area (Å²) in [4.78, 5) is 32.0. The van der Waals surface area contributed by atoms with Gasteiger partial charge in [-0.15, -0.1) is 11.3 Å². The van der Waals surface area contributed by atoms with Gasteiger partial charge in [0.2, 0.25) is 0 Å². The number of rotatable bonds is 4. The third-order valence-corrected chi connectivity index (χ3v) is 4.83. The number of aromatic amines is 1. The van der Waals surface area contributed by atoms with Gasteiger partial charge in [-0.2, -0.15) is 5.26 Å². The van der Waals surface area contributed by atoms with Crippen molar-refractivity contribution in [2.45, 2.75) is 20.5 Å². The van der Waals surface area contributed by atoms with E-state index in [4.69, 9.17) is 10.00 Å². The Kier molecular flexibility index (Phi) is 4.15. The third-order valence-electron chi connectivity index (χ3n) is 3.54. The zero-order valence-electron chi connectivity index (χ0n) is 13.0. The highest BCUT2D eigenvalue weighted by Gasteiger charge is 2.17. The minimum absolute atomic E-state index is 0.0240. The molecule has 0 saturated carbocycles. The van der Waals surface area contributed by atoms with Gasteiger partial charge in [0.15, 0.2) is 5.78 Å². The van der Waals surface area contributed by atoms with E-state index >= 15 is 0 Å². The first-order valence-corrected chi connectivity index (χ1v) is 7.98. The second kappa shape index (κ2) is 6.26. The van der Waals surface area contributed by atoms with Gasteiger partial charge in [0.05, 0.1) is 15.8 Å². The molecule has 0 saturated heterocycles. The number of hydrogen-bond acceptors (Lipinski definition) is 6. The van der Waals surface area contributed by atoms with Crippen molar-refractivity contribution >= 4 is 27.3 Å². The van der Waals surface area contributed by atoms with Gasteiger partial charge in [-0.3, -0.25) is 9.59 Å². The van der Waals surface area contributed by atoms with Crippen LogP contribution in [-0.2, 0) is 6.61 Å². The van der Waals surface area contributed by atoms with Crippen molar-refractivity contribution in [2.24, 2.45) is 0 Å². The molecular weight excluding hydrogens is 326 g/mol. The number of aryl methyl sites for hydroxylation is 1. The molecule has 2 heterocycles. The summed E-state index contributed by atoms with van der Waals surface area (Å²) in [5.74, 6) is 0.682. The number of carbonyl (C=O) groups is 1. The van der Waals surface area contributed by atoms with Crippen molar-refractivity contribution in [1.82, 2.24) is 9.97 Å². The Morgan fingerprint density at radius 1 is 1.42 bits per heavy atom. The van der Waals surface area contributed by atoms with Gasteiger partial charge in [-0.25, -0.2) is 4.98 Å². The van der Waals surface area contributed by atoms with Crippen LogP contribution in [0.4, 0.5) is 0 Å².